The molecule has 5 rings (SSSR count). The molecule has 8 nitrogen and oxygen atoms in total. The van der Waals surface area contributed by atoms with Crippen LogP contribution >= 0.6 is 0 Å². The first-order chi connectivity index (χ1) is 21.5. The second kappa shape index (κ2) is 13.2. The second-order valence-electron chi connectivity index (χ2n) is 11.2. The molecule has 0 aliphatic heterocycles. The highest BCUT2D eigenvalue weighted by Crippen LogP contribution is 2.40. The van der Waals surface area contributed by atoms with Crippen LogP contribution < -0.4 is 4.74 Å². The number of ether oxygens (including phenoxy) is 2. The maximum atomic E-state index is 14.3. The molecule has 0 bridgehead atoms. The fourth-order valence-electron chi connectivity index (χ4n) is 4.78. The van der Waals surface area contributed by atoms with Crippen LogP contribution in [0.5, 0.6) is 5.75 Å². The van der Waals surface area contributed by atoms with Crippen molar-refractivity contribution in [3.8, 4) is 16.9 Å². The van der Waals surface area contributed by atoms with E-state index in [-0.39, 0.29) is 29.3 Å². The van der Waals surface area contributed by atoms with Crippen LogP contribution in [0, 0.1) is 0 Å². The van der Waals surface area contributed by atoms with Crippen LogP contribution in [0.3, 0.4) is 0 Å². The third-order valence-corrected chi connectivity index (χ3v) is 10.0. The molecule has 0 fully saturated rings. The van der Waals surface area contributed by atoms with Gasteiger partial charge in [-0.1, -0.05) is 72.8 Å². The third kappa shape index (κ3) is 6.77. The number of nitrogens with zero attached hydrogens (tertiary/aromatic N) is 2. The van der Waals surface area contributed by atoms with Crippen molar-refractivity contribution in [3.05, 3.63) is 120 Å². The second-order valence-corrected chi connectivity index (χ2v) is 14.9. The molecule has 0 spiro atoms. The van der Waals surface area contributed by atoms with Gasteiger partial charge >= 0.3 is 5.97 Å². The van der Waals surface area contributed by atoms with E-state index in [2.05, 4.69) is 4.40 Å². The summed E-state index contributed by atoms with van der Waals surface area (Å²) in [4.78, 5) is 13.8. The first-order valence-electron chi connectivity index (χ1n) is 14.4. The van der Waals surface area contributed by atoms with E-state index in [0.29, 0.717) is 27.8 Å². The summed E-state index contributed by atoms with van der Waals surface area (Å²) in [5.41, 5.74) is 2.47. The molecule has 232 valence electrons. The summed E-state index contributed by atoms with van der Waals surface area (Å²) < 4.78 is 57.8. The largest absolute Gasteiger partial charge is 0.489 e. The van der Waals surface area contributed by atoms with Crippen molar-refractivity contribution in [3.63, 3.8) is 0 Å². The lowest BCUT2D eigenvalue weighted by atomic mass is 9.97. The molecule has 0 aliphatic carbocycles. The predicted octanol–water partition coefficient (Wildman–Crippen LogP) is 7.18. The molecule has 0 saturated carbocycles. The van der Waals surface area contributed by atoms with Crippen LogP contribution in [0.2, 0.25) is 0 Å². The van der Waals surface area contributed by atoms with Gasteiger partial charge < -0.3 is 9.47 Å². The molecule has 0 radical (unpaired) electrons. The van der Waals surface area contributed by atoms with Gasteiger partial charge in [0.05, 0.1) is 21.8 Å². The molecule has 0 aliphatic rings. The van der Waals surface area contributed by atoms with Crippen LogP contribution in [0.25, 0.3) is 22.0 Å². The Labute approximate surface area is 266 Å². The minimum Gasteiger partial charge on any atom is -0.489 e. The Bertz CT molecular complexity index is 2000. The number of benzene rings is 4. The molecule has 1 heterocycles. The van der Waals surface area contributed by atoms with Gasteiger partial charge in [0.2, 0.25) is 0 Å². The number of carbonyl (C=O) groups excluding carboxylic acids is 1. The quantitative estimate of drug-likeness (QED) is 0.118. The normalized spacial score (nSPS) is 12.8. The van der Waals surface area contributed by atoms with E-state index in [1.165, 1.54) is 18.3 Å². The van der Waals surface area contributed by atoms with Gasteiger partial charge in [-0.3, -0.25) is 0 Å². The Morgan fingerprint density at radius 2 is 1.56 bits per heavy atom. The highest BCUT2D eigenvalue weighted by atomic mass is 32.2. The van der Waals surface area contributed by atoms with Gasteiger partial charge in [0.15, 0.2) is 5.69 Å². The van der Waals surface area contributed by atoms with Gasteiger partial charge in [-0.25, -0.2) is 21.4 Å². The number of carbonyl (C=O) groups is 1. The van der Waals surface area contributed by atoms with Crippen molar-refractivity contribution in [2.75, 3.05) is 6.61 Å². The summed E-state index contributed by atoms with van der Waals surface area (Å²) in [5.74, 6) is -0.322. The van der Waals surface area contributed by atoms with Crippen molar-refractivity contribution in [2.45, 2.75) is 43.9 Å². The van der Waals surface area contributed by atoms with Gasteiger partial charge in [0, 0.05) is 22.7 Å². The Hall–Kier alpha value is -4.54. The van der Waals surface area contributed by atoms with Crippen molar-refractivity contribution in [2.24, 2.45) is 4.40 Å². The molecule has 5 aromatic rings. The molecule has 4 aromatic carbocycles. The molecule has 0 amide bonds. The molecule has 0 N–H and O–H groups in total. The smallest absolute Gasteiger partial charge is 0.356 e. The number of esters is 1. The van der Waals surface area contributed by atoms with Crippen molar-refractivity contribution in [1.29, 1.82) is 0 Å². The van der Waals surface area contributed by atoms with E-state index in [9.17, 15) is 17.4 Å². The van der Waals surface area contributed by atoms with E-state index in [0.717, 1.165) is 9.54 Å². The average Bonchev–Trinajstić information content (AvgIpc) is 3.38. The molecule has 1 atom stereocenters. The molecule has 1 unspecified atom stereocenters. The summed E-state index contributed by atoms with van der Waals surface area (Å²) in [7, 11) is -5.83. The van der Waals surface area contributed by atoms with Crippen molar-refractivity contribution in [1.82, 2.24) is 3.97 Å². The minimum absolute atomic E-state index is 0.0128. The maximum Gasteiger partial charge on any atom is 0.356 e. The summed E-state index contributed by atoms with van der Waals surface area (Å²) in [6, 6.07) is 29.8. The van der Waals surface area contributed by atoms with E-state index < -0.39 is 31.7 Å². The zero-order valence-corrected chi connectivity index (χ0v) is 27.1. The van der Waals surface area contributed by atoms with Gasteiger partial charge in [-0.15, -0.1) is 0 Å². The van der Waals surface area contributed by atoms with Crippen LogP contribution in [0.1, 0.15) is 49.3 Å². The topological polar surface area (TPSA) is 104 Å². The summed E-state index contributed by atoms with van der Waals surface area (Å²) in [6.07, 6.45) is 1.50. The Kier molecular flexibility index (Phi) is 9.36. The van der Waals surface area contributed by atoms with Crippen LogP contribution in [0.4, 0.5) is 0 Å². The van der Waals surface area contributed by atoms with Crippen LogP contribution in [0.15, 0.2) is 112 Å². The highest BCUT2D eigenvalue weighted by Gasteiger charge is 2.33. The van der Waals surface area contributed by atoms with E-state index in [4.69, 9.17) is 9.47 Å². The molecule has 0 saturated heterocycles. The average molecular weight is 643 g/mol. The lowest BCUT2D eigenvalue weighted by Gasteiger charge is -2.14. The maximum absolute atomic E-state index is 14.3. The third-order valence-electron chi connectivity index (χ3n) is 6.94. The number of hydrogen-bond donors (Lipinski definition) is 0. The Morgan fingerprint density at radius 3 is 2.22 bits per heavy atom. The fourth-order valence-corrected chi connectivity index (χ4v) is 6.84. The van der Waals surface area contributed by atoms with Gasteiger partial charge in [0.1, 0.15) is 23.3 Å². The number of hydrogen-bond acceptors (Lipinski definition) is 6. The zero-order chi connectivity index (χ0) is 32.2. The first kappa shape index (κ1) is 31.9. The van der Waals surface area contributed by atoms with Gasteiger partial charge in [0.25, 0.3) is 10.0 Å². The Morgan fingerprint density at radius 1 is 0.911 bits per heavy atom. The van der Waals surface area contributed by atoms with Gasteiger partial charge in [-0.2, -0.15) is 4.40 Å². The van der Waals surface area contributed by atoms with E-state index >= 15 is 0 Å². The summed E-state index contributed by atoms with van der Waals surface area (Å²) in [5, 5.41) is 0.459. The number of fused-ring (bicyclic) bond motifs is 1. The van der Waals surface area contributed by atoms with Crippen LogP contribution in [-0.2, 0) is 32.4 Å². The first-order valence-corrected chi connectivity index (χ1v) is 17.0. The van der Waals surface area contributed by atoms with Crippen molar-refractivity contribution < 1.29 is 26.9 Å². The lowest BCUT2D eigenvalue weighted by molar-refractivity contribution is 0.0519. The summed E-state index contributed by atoms with van der Waals surface area (Å²) in [6.45, 7) is 7.45. The zero-order valence-electron chi connectivity index (χ0n) is 25.5. The molecular weight excluding hydrogens is 609 g/mol. The molecular formula is C35H34N2O6S2. The summed E-state index contributed by atoms with van der Waals surface area (Å²) >= 11 is 0. The van der Waals surface area contributed by atoms with Gasteiger partial charge in [-0.05, 0) is 69.2 Å². The molecule has 10 heteroatoms. The number of aromatic nitrogens is 1. The molecule has 45 heavy (non-hydrogen) atoms. The monoisotopic (exact) mass is 642 g/mol. The number of rotatable bonds is 10. The fraction of sp³-hybridized carbons (Fsp3) is 0.200. The van der Waals surface area contributed by atoms with E-state index in [1.807, 2.05) is 51.1 Å². The minimum atomic E-state index is -4.28. The standard InChI is InChI=1S/C35H34N2O6S2/c1-5-42-34(38)33-32(29-19-13-12-16-26(29)23-36-44(39)35(2,3)4)30-22-27(43-24-25-14-8-6-9-15-25)20-21-31(30)37(33)45(40,41)28-17-10-7-11-18-28/h6-23H,5,24H2,1-4H3. The van der Waals surface area contributed by atoms with Crippen LogP contribution in [-0.4, -0.2) is 40.1 Å². The highest BCUT2D eigenvalue weighted by molar-refractivity contribution is 7.90. The van der Waals surface area contributed by atoms with E-state index in [1.54, 1.807) is 67.6 Å². The van der Waals surface area contributed by atoms with Crippen molar-refractivity contribution >= 4 is 44.1 Å². The predicted molar refractivity (Wildman–Crippen MR) is 179 cm³/mol. The SMILES string of the molecule is CCOC(=O)c1c(-c2ccccc2C=NS(=O)C(C)(C)C)c2cc(OCc3ccccc3)ccc2n1S(=O)(=O)c1ccccc1. The molecule has 1 aromatic heterocycles. The Balaban J connectivity index is 1.81. The lowest BCUT2D eigenvalue weighted by Crippen LogP contribution is -2.20.